The van der Waals surface area contributed by atoms with Crippen LogP contribution in [0.2, 0.25) is 0 Å². The molecule has 2 aromatic rings. The maximum absolute atomic E-state index is 5.47. The number of aryl methyl sites for hydroxylation is 2. The predicted octanol–water partition coefficient (Wildman–Crippen LogP) is 0.860. The number of rotatable bonds is 3. The molecule has 0 aliphatic carbocycles. The van der Waals surface area contributed by atoms with Crippen molar-refractivity contribution in [1.82, 2.24) is 14.5 Å². The second kappa shape index (κ2) is 3.75. The van der Waals surface area contributed by atoms with Gasteiger partial charge in [0, 0.05) is 19.7 Å². The van der Waals surface area contributed by atoms with E-state index in [1.165, 1.54) is 0 Å². The van der Waals surface area contributed by atoms with Gasteiger partial charge in [-0.05, 0) is 19.0 Å². The highest BCUT2D eigenvalue weighted by Gasteiger charge is 2.05. The summed E-state index contributed by atoms with van der Waals surface area (Å²) < 4.78 is 2.10. The smallest absolute Gasteiger partial charge is 0.109 e. The third-order valence-electron chi connectivity index (χ3n) is 2.38. The van der Waals surface area contributed by atoms with Crippen molar-refractivity contribution >= 4 is 11.0 Å². The Bertz CT molecular complexity index is 433. The third kappa shape index (κ3) is 1.48. The monoisotopic (exact) mass is 190 g/mol. The molecule has 14 heavy (non-hydrogen) atoms. The van der Waals surface area contributed by atoms with Crippen LogP contribution in [0.15, 0.2) is 18.5 Å². The lowest BCUT2D eigenvalue weighted by Crippen LogP contribution is -2.04. The zero-order chi connectivity index (χ0) is 9.97. The molecular formula is C10H14N4. The normalized spacial score (nSPS) is 11.0. The highest BCUT2D eigenvalue weighted by molar-refractivity contribution is 5.74. The van der Waals surface area contributed by atoms with Gasteiger partial charge in [-0.25, -0.2) is 4.98 Å². The van der Waals surface area contributed by atoms with E-state index in [0.717, 1.165) is 29.7 Å². The number of nitrogens with zero attached hydrogens (tertiary/aromatic N) is 3. The second-order valence-corrected chi connectivity index (χ2v) is 3.34. The van der Waals surface area contributed by atoms with E-state index >= 15 is 0 Å². The zero-order valence-electron chi connectivity index (χ0n) is 8.27. The average molecular weight is 190 g/mol. The first-order valence-corrected chi connectivity index (χ1v) is 4.78. The number of pyridine rings is 1. The minimum absolute atomic E-state index is 0.710. The SMILES string of the molecule is Cn1c(CCCN)nc2cnccc21. The van der Waals surface area contributed by atoms with Crippen LogP contribution in [0.3, 0.4) is 0 Å². The molecule has 74 valence electrons. The largest absolute Gasteiger partial charge is 0.331 e. The Labute approximate surface area is 82.8 Å². The van der Waals surface area contributed by atoms with Gasteiger partial charge in [0.05, 0.1) is 11.7 Å². The van der Waals surface area contributed by atoms with Crippen LogP contribution in [0.5, 0.6) is 0 Å². The summed E-state index contributed by atoms with van der Waals surface area (Å²) in [6, 6.07) is 1.98. The van der Waals surface area contributed by atoms with E-state index in [0.29, 0.717) is 6.54 Å². The first kappa shape index (κ1) is 9.15. The van der Waals surface area contributed by atoms with Gasteiger partial charge >= 0.3 is 0 Å². The summed E-state index contributed by atoms with van der Waals surface area (Å²) in [6.07, 6.45) is 5.49. The first-order chi connectivity index (χ1) is 6.83. The molecule has 0 aliphatic heterocycles. The van der Waals surface area contributed by atoms with Crippen LogP contribution in [-0.4, -0.2) is 21.1 Å². The van der Waals surface area contributed by atoms with Crippen LogP contribution < -0.4 is 5.73 Å². The fourth-order valence-electron chi connectivity index (χ4n) is 1.59. The molecule has 0 saturated heterocycles. The lowest BCUT2D eigenvalue weighted by atomic mass is 10.3. The summed E-state index contributed by atoms with van der Waals surface area (Å²) in [6.45, 7) is 0.710. The van der Waals surface area contributed by atoms with Crippen LogP contribution in [-0.2, 0) is 13.5 Å². The number of imidazole rings is 1. The zero-order valence-corrected chi connectivity index (χ0v) is 8.27. The molecule has 0 unspecified atom stereocenters. The van der Waals surface area contributed by atoms with E-state index in [4.69, 9.17) is 5.73 Å². The molecule has 0 amide bonds. The van der Waals surface area contributed by atoms with E-state index < -0.39 is 0 Å². The van der Waals surface area contributed by atoms with Crippen molar-refractivity contribution in [3.05, 3.63) is 24.3 Å². The molecule has 2 rings (SSSR count). The number of hydrogen-bond donors (Lipinski definition) is 1. The number of nitrogens with two attached hydrogens (primary N) is 1. The Kier molecular flexibility index (Phi) is 2.45. The molecule has 0 aliphatic rings. The van der Waals surface area contributed by atoms with Crippen molar-refractivity contribution in [3.63, 3.8) is 0 Å². The maximum atomic E-state index is 5.47. The molecule has 0 aromatic carbocycles. The lowest BCUT2D eigenvalue weighted by molar-refractivity contribution is 0.741. The fraction of sp³-hybridized carbons (Fsp3) is 0.400. The van der Waals surface area contributed by atoms with Gasteiger partial charge in [0.25, 0.3) is 0 Å². The molecule has 4 heteroatoms. The van der Waals surface area contributed by atoms with Crippen molar-refractivity contribution in [2.24, 2.45) is 12.8 Å². The average Bonchev–Trinajstić information content (AvgIpc) is 2.54. The summed E-state index contributed by atoms with van der Waals surface area (Å²) in [5.41, 5.74) is 7.56. The number of hydrogen-bond acceptors (Lipinski definition) is 3. The first-order valence-electron chi connectivity index (χ1n) is 4.78. The topological polar surface area (TPSA) is 56.7 Å². The van der Waals surface area contributed by atoms with Gasteiger partial charge in [-0.2, -0.15) is 0 Å². The fourth-order valence-corrected chi connectivity index (χ4v) is 1.59. The summed E-state index contributed by atoms with van der Waals surface area (Å²) in [7, 11) is 2.03. The third-order valence-corrected chi connectivity index (χ3v) is 2.38. The van der Waals surface area contributed by atoms with Gasteiger partial charge in [-0.3, -0.25) is 4.98 Å². The Morgan fingerprint density at radius 3 is 3.07 bits per heavy atom. The van der Waals surface area contributed by atoms with Crippen molar-refractivity contribution < 1.29 is 0 Å². The molecule has 0 fully saturated rings. The number of fused-ring (bicyclic) bond motifs is 1. The van der Waals surface area contributed by atoms with E-state index in [-0.39, 0.29) is 0 Å². The highest BCUT2D eigenvalue weighted by atomic mass is 15.1. The van der Waals surface area contributed by atoms with Crippen LogP contribution in [0.25, 0.3) is 11.0 Å². The lowest BCUT2D eigenvalue weighted by Gasteiger charge is -1.99. The van der Waals surface area contributed by atoms with Gasteiger partial charge in [-0.15, -0.1) is 0 Å². The Morgan fingerprint density at radius 2 is 2.36 bits per heavy atom. The van der Waals surface area contributed by atoms with E-state index in [2.05, 4.69) is 14.5 Å². The molecule has 0 radical (unpaired) electrons. The Balaban J connectivity index is 2.41. The van der Waals surface area contributed by atoms with E-state index in [1.807, 2.05) is 13.1 Å². The highest BCUT2D eigenvalue weighted by Crippen LogP contribution is 2.13. The van der Waals surface area contributed by atoms with Gasteiger partial charge in [0.2, 0.25) is 0 Å². The van der Waals surface area contributed by atoms with Crippen LogP contribution in [0.1, 0.15) is 12.2 Å². The van der Waals surface area contributed by atoms with Gasteiger partial charge in [0.1, 0.15) is 11.3 Å². The number of aromatic nitrogens is 3. The maximum Gasteiger partial charge on any atom is 0.109 e. The van der Waals surface area contributed by atoms with Crippen LogP contribution >= 0.6 is 0 Å². The second-order valence-electron chi connectivity index (χ2n) is 3.34. The predicted molar refractivity (Wildman–Crippen MR) is 55.9 cm³/mol. The molecule has 0 saturated carbocycles. The summed E-state index contributed by atoms with van der Waals surface area (Å²) >= 11 is 0. The van der Waals surface area contributed by atoms with Crippen molar-refractivity contribution in [2.75, 3.05) is 6.54 Å². The molecule has 0 spiro atoms. The molecular weight excluding hydrogens is 176 g/mol. The standard InChI is InChI=1S/C10H14N4/c1-14-9-4-6-12-7-8(9)13-10(14)3-2-5-11/h4,6-7H,2-3,5,11H2,1H3. The van der Waals surface area contributed by atoms with Gasteiger partial charge in [-0.1, -0.05) is 0 Å². The Morgan fingerprint density at radius 1 is 1.50 bits per heavy atom. The van der Waals surface area contributed by atoms with E-state index in [9.17, 15) is 0 Å². The minimum Gasteiger partial charge on any atom is -0.331 e. The molecule has 2 aromatic heterocycles. The van der Waals surface area contributed by atoms with Crippen LogP contribution in [0, 0.1) is 0 Å². The molecule has 0 bridgehead atoms. The molecule has 4 nitrogen and oxygen atoms in total. The minimum atomic E-state index is 0.710. The Hall–Kier alpha value is -1.42. The summed E-state index contributed by atoms with van der Waals surface area (Å²) in [5.74, 6) is 1.08. The quantitative estimate of drug-likeness (QED) is 0.781. The molecule has 2 heterocycles. The van der Waals surface area contributed by atoms with Gasteiger partial charge in [0.15, 0.2) is 0 Å². The van der Waals surface area contributed by atoms with Crippen molar-refractivity contribution in [3.8, 4) is 0 Å². The van der Waals surface area contributed by atoms with E-state index in [1.54, 1.807) is 12.4 Å². The van der Waals surface area contributed by atoms with Crippen molar-refractivity contribution in [1.29, 1.82) is 0 Å². The van der Waals surface area contributed by atoms with Gasteiger partial charge < -0.3 is 10.3 Å². The molecule has 2 N–H and O–H groups in total. The van der Waals surface area contributed by atoms with Crippen LogP contribution in [0.4, 0.5) is 0 Å². The van der Waals surface area contributed by atoms with Crippen molar-refractivity contribution in [2.45, 2.75) is 12.8 Å². The summed E-state index contributed by atoms with van der Waals surface area (Å²) in [4.78, 5) is 8.54. The molecule has 0 atom stereocenters. The summed E-state index contributed by atoms with van der Waals surface area (Å²) in [5, 5.41) is 0.